The number of nitrogens with zero attached hydrogens (tertiary/aromatic N) is 2. The average Bonchev–Trinajstić information content (AvgIpc) is 2.78. The largest absolute Gasteiger partial charge is 0.369 e. The standard InChI is InChI=1S/C23H31FN4O3S/c1-18(2)23(29)26-20-6-10-22(11-7-20)32(30,31)25-12-3-13-27-14-16-28(17-15-27)21-8-4-19(24)5-9-21/h4-11,18,25H,3,12-17H2,1-2H3,(H,26,29). The van der Waals surface area contributed by atoms with Crippen molar-refractivity contribution >= 4 is 27.3 Å². The molecule has 0 radical (unpaired) electrons. The van der Waals surface area contributed by atoms with E-state index in [4.69, 9.17) is 0 Å². The number of hydrogen-bond donors (Lipinski definition) is 2. The Balaban J connectivity index is 1.39. The first-order chi connectivity index (χ1) is 15.2. The highest BCUT2D eigenvalue weighted by molar-refractivity contribution is 7.89. The van der Waals surface area contributed by atoms with Gasteiger partial charge < -0.3 is 10.2 Å². The van der Waals surface area contributed by atoms with Crippen LogP contribution in [0.5, 0.6) is 0 Å². The monoisotopic (exact) mass is 462 g/mol. The lowest BCUT2D eigenvalue weighted by atomic mass is 10.2. The van der Waals surface area contributed by atoms with Gasteiger partial charge in [0, 0.05) is 50.0 Å². The Morgan fingerprint density at radius 1 is 1.00 bits per heavy atom. The van der Waals surface area contributed by atoms with E-state index in [9.17, 15) is 17.6 Å². The van der Waals surface area contributed by atoms with E-state index in [2.05, 4.69) is 19.8 Å². The number of anilines is 2. The topological polar surface area (TPSA) is 81.7 Å². The number of nitrogens with one attached hydrogen (secondary N) is 2. The van der Waals surface area contributed by atoms with Crippen LogP contribution >= 0.6 is 0 Å². The summed E-state index contributed by atoms with van der Waals surface area (Å²) in [6.07, 6.45) is 0.707. The summed E-state index contributed by atoms with van der Waals surface area (Å²) < 4.78 is 40.7. The van der Waals surface area contributed by atoms with Gasteiger partial charge >= 0.3 is 0 Å². The van der Waals surface area contributed by atoms with Crippen molar-refractivity contribution in [1.29, 1.82) is 0 Å². The van der Waals surface area contributed by atoms with Gasteiger partial charge in [-0.3, -0.25) is 9.69 Å². The van der Waals surface area contributed by atoms with Gasteiger partial charge in [0.1, 0.15) is 5.82 Å². The van der Waals surface area contributed by atoms with Gasteiger partial charge in [-0.05, 0) is 61.5 Å². The van der Waals surface area contributed by atoms with Crippen LogP contribution in [0.4, 0.5) is 15.8 Å². The molecule has 1 aliphatic rings. The number of piperazine rings is 1. The molecule has 1 amide bonds. The second kappa shape index (κ2) is 10.9. The number of sulfonamides is 1. The molecule has 0 aliphatic carbocycles. The van der Waals surface area contributed by atoms with Crippen LogP contribution in [0.25, 0.3) is 0 Å². The van der Waals surface area contributed by atoms with Gasteiger partial charge in [0.05, 0.1) is 4.90 Å². The highest BCUT2D eigenvalue weighted by atomic mass is 32.2. The molecule has 0 atom stereocenters. The maximum atomic E-state index is 13.1. The molecule has 2 aromatic rings. The average molecular weight is 463 g/mol. The Morgan fingerprint density at radius 2 is 1.62 bits per heavy atom. The van der Waals surface area contributed by atoms with E-state index in [1.165, 1.54) is 24.3 Å². The minimum absolute atomic E-state index is 0.114. The summed E-state index contributed by atoms with van der Waals surface area (Å²) in [5.41, 5.74) is 1.59. The maximum absolute atomic E-state index is 13.1. The molecule has 0 bridgehead atoms. The van der Waals surface area contributed by atoms with Crippen LogP contribution in [0.2, 0.25) is 0 Å². The lowest BCUT2D eigenvalue weighted by molar-refractivity contribution is -0.118. The highest BCUT2D eigenvalue weighted by Crippen LogP contribution is 2.17. The van der Waals surface area contributed by atoms with Gasteiger partial charge in [-0.15, -0.1) is 0 Å². The zero-order chi connectivity index (χ0) is 23.1. The predicted octanol–water partition coefficient (Wildman–Crippen LogP) is 2.91. The summed E-state index contributed by atoms with van der Waals surface area (Å²) in [6.45, 7) is 8.23. The first-order valence-electron chi connectivity index (χ1n) is 10.9. The molecule has 32 heavy (non-hydrogen) atoms. The Morgan fingerprint density at radius 3 is 2.22 bits per heavy atom. The predicted molar refractivity (Wildman–Crippen MR) is 125 cm³/mol. The van der Waals surface area contributed by atoms with E-state index in [0.717, 1.165) is 38.4 Å². The summed E-state index contributed by atoms with van der Waals surface area (Å²) >= 11 is 0. The summed E-state index contributed by atoms with van der Waals surface area (Å²) in [7, 11) is -3.59. The fourth-order valence-electron chi connectivity index (χ4n) is 3.48. The number of carbonyl (C=O) groups is 1. The molecule has 1 fully saturated rings. The molecular formula is C23H31FN4O3S. The van der Waals surface area contributed by atoms with Crippen molar-refractivity contribution in [2.24, 2.45) is 5.92 Å². The number of halogens is 1. The number of amides is 1. The van der Waals surface area contributed by atoms with Gasteiger partial charge in [0.25, 0.3) is 0 Å². The molecule has 0 unspecified atom stereocenters. The third-order valence-corrected chi connectivity index (χ3v) is 6.94. The van der Waals surface area contributed by atoms with Crippen LogP contribution in [-0.4, -0.2) is 58.5 Å². The molecular weight excluding hydrogens is 431 g/mol. The molecule has 174 valence electrons. The molecule has 2 N–H and O–H groups in total. The smallest absolute Gasteiger partial charge is 0.240 e. The van der Waals surface area contributed by atoms with Crippen LogP contribution in [-0.2, 0) is 14.8 Å². The maximum Gasteiger partial charge on any atom is 0.240 e. The van der Waals surface area contributed by atoms with Crippen LogP contribution in [0.3, 0.4) is 0 Å². The molecule has 1 saturated heterocycles. The lowest BCUT2D eigenvalue weighted by Gasteiger charge is -2.36. The quantitative estimate of drug-likeness (QED) is 0.560. The first-order valence-corrected chi connectivity index (χ1v) is 12.4. The second-order valence-electron chi connectivity index (χ2n) is 8.22. The van der Waals surface area contributed by atoms with E-state index in [1.807, 2.05) is 0 Å². The molecule has 0 spiro atoms. The Labute approximate surface area is 189 Å². The third-order valence-electron chi connectivity index (χ3n) is 5.46. The van der Waals surface area contributed by atoms with Crippen LogP contribution in [0.15, 0.2) is 53.4 Å². The first kappa shape index (κ1) is 24.2. The van der Waals surface area contributed by atoms with Gasteiger partial charge in [-0.2, -0.15) is 0 Å². The number of benzene rings is 2. The Kier molecular flexibility index (Phi) is 8.22. The molecule has 9 heteroatoms. The lowest BCUT2D eigenvalue weighted by Crippen LogP contribution is -2.47. The van der Waals surface area contributed by atoms with Crippen molar-refractivity contribution in [1.82, 2.24) is 9.62 Å². The summed E-state index contributed by atoms with van der Waals surface area (Å²) in [4.78, 5) is 16.4. The number of carbonyl (C=O) groups excluding carboxylic acids is 1. The minimum atomic E-state index is -3.59. The Hall–Kier alpha value is -2.49. The van der Waals surface area contributed by atoms with E-state index < -0.39 is 10.0 Å². The normalized spacial score (nSPS) is 15.2. The van der Waals surface area contributed by atoms with Crippen molar-refractivity contribution in [3.8, 4) is 0 Å². The van der Waals surface area contributed by atoms with E-state index in [-0.39, 0.29) is 22.5 Å². The highest BCUT2D eigenvalue weighted by Gasteiger charge is 2.18. The van der Waals surface area contributed by atoms with Crippen molar-refractivity contribution in [2.45, 2.75) is 25.2 Å². The van der Waals surface area contributed by atoms with E-state index in [0.29, 0.717) is 18.7 Å². The van der Waals surface area contributed by atoms with Gasteiger partial charge in [-0.25, -0.2) is 17.5 Å². The van der Waals surface area contributed by atoms with E-state index >= 15 is 0 Å². The van der Waals surface area contributed by atoms with Crippen molar-refractivity contribution < 1.29 is 17.6 Å². The summed E-state index contributed by atoms with van der Waals surface area (Å²) in [5.74, 6) is -0.494. The van der Waals surface area contributed by atoms with Crippen LogP contribution in [0.1, 0.15) is 20.3 Å². The minimum Gasteiger partial charge on any atom is -0.369 e. The van der Waals surface area contributed by atoms with E-state index in [1.54, 1.807) is 38.1 Å². The zero-order valence-corrected chi connectivity index (χ0v) is 19.4. The van der Waals surface area contributed by atoms with Gasteiger partial charge in [0.2, 0.25) is 15.9 Å². The molecule has 3 rings (SSSR count). The third kappa shape index (κ3) is 6.75. The van der Waals surface area contributed by atoms with Crippen LogP contribution in [0, 0.1) is 11.7 Å². The summed E-state index contributed by atoms with van der Waals surface area (Å²) in [6, 6.07) is 12.7. The fourth-order valence-corrected chi connectivity index (χ4v) is 4.55. The fraction of sp³-hybridized carbons (Fsp3) is 0.435. The Bertz CT molecular complexity index is 987. The second-order valence-corrected chi connectivity index (χ2v) is 9.99. The number of rotatable bonds is 9. The van der Waals surface area contributed by atoms with Crippen molar-refractivity contribution in [3.63, 3.8) is 0 Å². The molecule has 2 aromatic carbocycles. The molecule has 7 nitrogen and oxygen atoms in total. The van der Waals surface area contributed by atoms with Gasteiger partial charge in [0.15, 0.2) is 0 Å². The van der Waals surface area contributed by atoms with Crippen LogP contribution < -0.4 is 14.9 Å². The zero-order valence-electron chi connectivity index (χ0n) is 18.6. The summed E-state index contributed by atoms with van der Waals surface area (Å²) in [5, 5.41) is 2.74. The molecule has 1 aliphatic heterocycles. The molecule has 0 aromatic heterocycles. The molecule has 0 saturated carbocycles. The van der Waals surface area contributed by atoms with Crippen molar-refractivity contribution in [3.05, 3.63) is 54.3 Å². The number of hydrogen-bond acceptors (Lipinski definition) is 5. The molecule has 1 heterocycles. The van der Waals surface area contributed by atoms with Gasteiger partial charge in [-0.1, -0.05) is 13.8 Å². The SMILES string of the molecule is CC(C)C(=O)Nc1ccc(S(=O)(=O)NCCCN2CCN(c3ccc(F)cc3)CC2)cc1. The van der Waals surface area contributed by atoms with Crippen molar-refractivity contribution in [2.75, 3.05) is 49.5 Å².